The molecule has 4 nitrogen and oxygen atoms in total. The van der Waals surface area contributed by atoms with E-state index >= 15 is 0 Å². The molecule has 0 aliphatic heterocycles. The Morgan fingerprint density at radius 1 is 0.889 bits per heavy atom. The van der Waals surface area contributed by atoms with Crippen LogP contribution in [0.1, 0.15) is 116 Å². The zero-order chi connectivity index (χ0) is 26.3. The summed E-state index contributed by atoms with van der Waals surface area (Å²) >= 11 is 0. The number of benzene rings is 1. The predicted octanol–water partition coefficient (Wildman–Crippen LogP) is 7.56. The van der Waals surface area contributed by atoms with Crippen LogP contribution in [0.25, 0.3) is 0 Å². The highest BCUT2D eigenvalue weighted by Crippen LogP contribution is 2.15. The van der Waals surface area contributed by atoms with Gasteiger partial charge in [0.05, 0.1) is 25.7 Å². The number of hydrogen-bond acceptors (Lipinski definition) is 2. The van der Waals surface area contributed by atoms with Crippen LogP contribution in [0.4, 0.5) is 0 Å². The standard InChI is InChI=1S/C32H56N2O2/c1-4-7-8-18-24-31(35)25-19-13-11-9-10-12-14-20-26-32(36)33-27-21-28-34(5-2,6-3)29-30-22-16-15-17-23-30/h13,15-17,19,22-23,31,35H,4-12,14,18,20-21,24-29H2,1-3H3/p+1/b19-13-. The molecule has 1 rings (SSSR count). The lowest BCUT2D eigenvalue weighted by atomic mass is 10.1. The third-order valence-corrected chi connectivity index (χ3v) is 7.57. The van der Waals surface area contributed by atoms with Gasteiger partial charge in [0.2, 0.25) is 5.91 Å². The molecule has 0 aliphatic carbocycles. The van der Waals surface area contributed by atoms with Gasteiger partial charge in [-0.2, -0.15) is 0 Å². The summed E-state index contributed by atoms with van der Waals surface area (Å²) in [7, 11) is 0. The Labute approximate surface area is 223 Å². The number of nitrogens with one attached hydrogen (secondary N) is 1. The second kappa shape index (κ2) is 21.4. The van der Waals surface area contributed by atoms with Crippen LogP contribution in [0, 0.1) is 0 Å². The van der Waals surface area contributed by atoms with E-state index in [0.717, 1.165) is 82.2 Å². The number of carbonyl (C=O) groups excluding carboxylic acids is 1. The quantitative estimate of drug-likeness (QED) is 0.0923. The summed E-state index contributed by atoms with van der Waals surface area (Å²) in [6, 6.07) is 10.8. The van der Waals surface area contributed by atoms with Gasteiger partial charge in [-0.15, -0.1) is 0 Å². The molecule has 1 aromatic rings. The predicted molar refractivity (Wildman–Crippen MR) is 155 cm³/mol. The summed E-state index contributed by atoms with van der Waals surface area (Å²) in [5.41, 5.74) is 1.40. The molecule has 0 radical (unpaired) electrons. The van der Waals surface area contributed by atoms with Gasteiger partial charge in [-0.25, -0.2) is 0 Å². The third kappa shape index (κ3) is 16.2. The molecule has 0 aliphatic rings. The minimum atomic E-state index is -0.168. The van der Waals surface area contributed by atoms with Gasteiger partial charge in [-0.3, -0.25) is 4.79 Å². The van der Waals surface area contributed by atoms with E-state index in [4.69, 9.17) is 0 Å². The number of unbranched alkanes of at least 4 members (excludes halogenated alkanes) is 8. The van der Waals surface area contributed by atoms with Crippen molar-refractivity contribution in [1.82, 2.24) is 5.32 Å². The molecule has 4 heteroatoms. The fraction of sp³-hybridized carbons (Fsp3) is 0.719. The van der Waals surface area contributed by atoms with Gasteiger partial charge in [0.1, 0.15) is 6.54 Å². The summed E-state index contributed by atoms with van der Waals surface area (Å²) in [5.74, 6) is 0.209. The summed E-state index contributed by atoms with van der Waals surface area (Å²) < 4.78 is 1.08. The van der Waals surface area contributed by atoms with Crippen molar-refractivity contribution >= 4 is 5.91 Å². The van der Waals surface area contributed by atoms with Crippen molar-refractivity contribution in [3.05, 3.63) is 48.0 Å². The van der Waals surface area contributed by atoms with Crippen LogP contribution in [0.3, 0.4) is 0 Å². The maximum absolute atomic E-state index is 12.2. The second-order valence-corrected chi connectivity index (χ2v) is 10.6. The van der Waals surface area contributed by atoms with Gasteiger partial charge >= 0.3 is 0 Å². The SMILES string of the molecule is CCCCCCC(O)C/C=C\CCCCCCCC(=O)NCCC[N+](CC)(CC)Cc1ccccc1. The zero-order valence-corrected chi connectivity index (χ0v) is 23.9. The van der Waals surface area contributed by atoms with Gasteiger partial charge < -0.3 is 14.9 Å². The Morgan fingerprint density at radius 3 is 2.31 bits per heavy atom. The number of aliphatic hydroxyl groups is 1. The Bertz CT molecular complexity index is 670. The van der Waals surface area contributed by atoms with E-state index in [-0.39, 0.29) is 12.0 Å². The molecule has 0 fully saturated rings. The average Bonchev–Trinajstić information content (AvgIpc) is 2.90. The van der Waals surface area contributed by atoms with Gasteiger partial charge in [-0.1, -0.05) is 94.4 Å². The number of amides is 1. The van der Waals surface area contributed by atoms with Crippen molar-refractivity contribution in [2.75, 3.05) is 26.2 Å². The first-order valence-electron chi connectivity index (χ1n) is 15.0. The zero-order valence-electron chi connectivity index (χ0n) is 23.9. The van der Waals surface area contributed by atoms with Crippen LogP contribution in [-0.2, 0) is 11.3 Å². The molecule has 1 unspecified atom stereocenters. The fourth-order valence-electron chi connectivity index (χ4n) is 4.92. The Morgan fingerprint density at radius 2 is 1.58 bits per heavy atom. The Hall–Kier alpha value is -1.65. The topological polar surface area (TPSA) is 49.3 Å². The molecule has 0 saturated heterocycles. The molecular weight excluding hydrogens is 444 g/mol. The highest BCUT2D eigenvalue weighted by molar-refractivity contribution is 5.75. The Kier molecular flexibility index (Phi) is 19.3. The fourth-order valence-corrected chi connectivity index (χ4v) is 4.92. The van der Waals surface area contributed by atoms with Gasteiger partial charge in [0, 0.05) is 24.9 Å². The van der Waals surface area contributed by atoms with Gasteiger partial charge in [0.25, 0.3) is 0 Å². The molecule has 0 saturated carbocycles. The highest BCUT2D eigenvalue weighted by atomic mass is 16.3. The minimum Gasteiger partial charge on any atom is -0.393 e. The molecule has 206 valence electrons. The molecule has 0 aromatic heterocycles. The van der Waals surface area contributed by atoms with Crippen molar-refractivity contribution in [1.29, 1.82) is 0 Å². The normalized spacial score (nSPS) is 12.8. The number of quaternary nitrogens is 1. The maximum Gasteiger partial charge on any atom is 0.219 e. The molecule has 36 heavy (non-hydrogen) atoms. The largest absolute Gasteiger partial charge is 0.393 e. The Balaban J connectivity index is 2.02. The van der Waals surface area contributed by atoms with Crippen LogP contribution < -0.4 is 5.32 Å². The molecule has 2 N–H and O–H groups in total. The molecule has 0 bridgehead atoms. The number of hydrogen-bond donors (Lipinski definition) is 2. The number of nitrogens with zero attached hydrogens (tertiary/aromatic N) is 1. The van der Waals surface area contributed by atoms with Crippen molar-refractivity contribution in [3.63, 3.8) is 0 Å². The second-order valence-electron chi connectivity index (χ2n) is 10.6. The van der Waals surface area contributed by atoms with Gasteiger partial charge in [-0.05, 0) is 46.0 Å². The van der Waals surface area contributed by atoms with Crippen LogP contribution in [0.5, 0.6) is 0 Å². The van der Waals surface area contributed by atoms with E-state index in [9.17, 15) is 9.90 Å². The number of carbonyl (C=O) groups is 1. The lowest BCUT2D eigenvalue weighted by Gasteiger charge is -2.37. The van der Waals surface area contributed by atoms with Gasteiger partial charge in [0.15, 0.2) is 0 Å². The van der Waals surface area contributed by atoms with E-state index in [1.165, 1.54) is 44.1 Å². The van der Waals surface area contributed by atoms with E-state index in [2.05, 4.69) is 68.6 Å². The maximum atomic E-state index is 12.2. The molecule has 1 atom stereocenters. The van der Waals surface area contributed by atoms with Crippen LogP contribution >= 0.6 is 0 Å². The summed E-state index contributed by atoms with van der Waals surface area (Å²) in [6.45, 7) is 12.0. The molecule has 1 aromatic carbocycles. The number of allylic oxidation sites excluding steroid dienone is 1. The first-order valence-corrected chi connectivity index (χ1v) is 15.0. The number of aliphatic hydroxyl groups excluding tert-OH is 1. The van der Waals surface area contributed by atoms with Crippen molar-refractivity contribution in [2.45, 2.75) is 123 Å². The average molecular weight is 502 g/mol. The smallest absolute Gasteiger partial charge is 0.219 e. The number of rotatable bonds is 23. The van der Waals surface area contributed by atoms with E-state index in [1.807, 2.05) is 0 Å². The first-order chi connectivity index (χ1) is 17.5. The highest BCUT2D eigenvalue weighted by Gasteiger charge is 2.23. The van der Waals surface area contributed by atoms with Crippen LogP contribution in [0.2, 0.25) is 0 Å². The lowest BCUT2D eigenvalue weighted by molar-refractivity contribution is -0.937. The van der Waals surface area contributed by atoms with E-state index in [1.54, 1.807) is 0 Å². The minimum absolute atomic E-state index is 0.168. The molecule has 0 heterocycles. The molecular formula is C32H57N2O2+. The van der Waals surface area contributed by atoms with Crippen LogP contribution in [0.15, 0.2) is 42.5 Å². The summed E-state index contributed by atoms with van der Waals surface area (Å²) in [5, 5.41) is 13.1. The molecule has 1 amide bonds. The van der Waals surface area contributed by atoms with Crippen LogP contribution in [-0.4, -0.2) is 47.8 Å². The summed E-state index contributed by atoms with van der Waals surface area (Å²) in [4.78, 5) is 12.2. The molecule has 0 spiro atoms. The van der Waals surface area contributed by atoms with Crippen molar-refractivity contribution in [2.24, 2.45) is 0 Å². The monoisotopic (exact) mass is 501 g/mol. The van der Waals surface area contributed by atoms with Crippen molar-refractivity contribution in [3.8, 4) is 0 Å². The third-order valence-electron chi connectivity index (χ3n) is 7.57. The summed E-state index contributed by atoms with van der Waals surface area (Å²) in [6.07, 6.45) is 19.4. The lowest BCUT2D eigenvalue weighted by Crippen LogP contribution is -2.48. The van der Waals surface area contributed by atoms with E-state index < -0.39 is 0 Å². The van der Waals surface area contributed by atoms with E-state index in [0.29, 0.717) is 6.42 Å². The first kappa shape index (κ1) is 32.4. The van der Waals surface area contributed by atoms with Crippen molar-refractivity contribution < 1.29 is 14.4 Å².